The van der Waals surface area contributed by atoms with E-state index >= 15 is 0 Å². The summed E-state index contributed by atoms with van der Waals surface area (Å²) in [5.41, 5.74) is 1.84. The van der Waals surface area contributed by atoms with Crippen LogP contribution in [0.4, 0.5) is 0 Å². The van der Waals surface area contributed by atoms with E-state index in [1.165, 1.54) is 11.8 Å². The Morgan fingerprint density at radius 1 is 1.00 bits per heavy atom. The molecule has 0 spiro atoms. The molecule has 20 heavy (non-hydrogen) atoms. The molecule has 2 rings (SSSR count). The lowest BCUT2D eigenvalue weighted by Crippen LogP contribution is -2.08. The third kappa shape index (κ3) is 2.85. The van der Waals surface area contributed by atoms with Crippen molar-refractivity contribution in [1.82, 2.24) is 0 Å². The van der Waals surface area contributed by atoms with Crippen LogP contribution in [0.5, 0.6) is 0 Å². The highest BCUT2D eigenvalue weighted by atomic mass is 32.2. The summed E-state index contributed by atoms with van der Waals surface area (Å²) in [6, 6.07) is 4.39. The standard InChI is InChI=1S/C17H14N2S/c1-20-16(12-19)17(14-8-4-5-9-14)15(10-11-18)13-6-2-3-7-13/h2-10,13-14H,1H3/b15-10+,17-16+. The zero-order valence-electron chi connectivity index (χ0n) is 11.2. The number of allylic oxidation sites excluding steroid dienone is 12. The van der Waals surface area contributed by atoms with Crippen LogP contribution in [0, 0.1) is 34.5 Å². The fourth-order valence-corrected chi connectivity index (χ4v) is 2.94. The highest BCUT2D eigenvalue weighted by Gasteiger charge is 2.24. The summed E-state index contributed by atoms with van der Waals surface area (Å²) in [6.07, 6.45) is 19.5. The average molecular weight is 278 g/mol. The number of nitriles is 2. The molecular weight excluding hydrogens is 264 g/mol. The smallest absolute Gasteiger partial charge is 0.106 e. The summed E-state index contributed by atoms with van der Waals surface area (Å²) in [4.78, 5) is 0.668. The molecule has 2 aliphatic rings. The van der Waals surface area contributed by atoms with Gasteiger partial charge in [-0.1, -0.05) is 48.6 Å². The topological polar surface area (TPSA) is 47.6 Å². The molecule has 3 heteroatoms. The maximum absolute atomic E-state index is 9.39. The minimum absolute atomic E-state index is 0.0686. The molecule has 0 aromatic carbocycles. The van der Waals surface area contributed by atoms with Gasteiger partial charge in [-0.25, -0.2) is 0 Å². The normalized spacial score (nSPS) is 19.2. The van der Waals surface area contributed by atoms with E-state index in [2.05, 4.69) is 24.3 Å². The molecule has 0 saturated heterocycles. The van der Waals surface area contributed by atoms with Gasteiger partial charge in [0.15, 0.2) is 0 Å². The van der Waals surface area contributed by atoms with E-state index in [4.69, 9.17) is 5.26 Å². The SMILES string of the molecule is CS/C(C#N)=C(/C(=C/C#N)C1C=CC=C1)C1C=CC=C1. The first-order chi connectivity index (χ1) is 9.81. The van der Waals surface area contributed by atoms with Crippen LogP contribution in [0.2, 0.25) is 0 Å². The van der Waals surface area contributed by atoms with Crippen LogP contribution in [0.1, 0.15) is 0 Å². The van der Waals surface area contributed by atoms with Gasteiger partial charge < -0.3 is 0 Å². The van der Waals surface area contributed by atoms with Gasteiger partial charge in [-0.3, -0.25) is 0 Å². The molecule has 0 aliphatic heterocycles. The van der Waals surface area contributed by atoms with E-state index in [9.17, 15) is 5.26 Å². The lowest BCUT2D eigenvalue weighted by molar-refractivity contribution is 0.901. The van der Waals surface area contributed by atoms with Gasteiger partial charge >= 0.3 is 0 Å². The molecule has 0 N–H and O–H groups in total. The fourth-order valence-electron chi connectivity index (χ4n) is 2.38. The second-order valence-corrected chi connectivity index (χ2v) is 5.20. The third-order valence-electron chi connectivity index (χ3n) is 3.27. The Balaban J connectivity index is 2.55. The van der Waals surface area contributed by atoms with Crippen molar-refractivity contribution >= 4 is 11.8 Å². The van der Waals surface area contributed by atoms with E-state index in [-0.39, 0.29) is 11.8 Å². The molecule has 2 nitrogen and oxygen atoms in total. The molecule has 98 valence electrons. The Morgan fingerprint density at radius 3 is 2.00 bits per heavy atom. The van der Waals surface area contributed by atoms with Crippen molar-refractivity contribution in [3.8, 4) is 12.1 Å². The minimum Gasteiger partial charge on any atom is -0.193 e. The zero-order valence-corrected chi connectivity index (χ0v) is 12.0. The zero-order chi connectivity index (χ0) is 14.4. The summed E-state index contributed by atoms with van der Waals surface area (Å²) in [5.74, 6) is 0.140. The lowest BCUT2D eigenvalue weighted by Gasteiger charge is -2.20. The van der Waals surface area contributed by atoms with E-state index in [1.54, 1.807) is 6.08 Å². The van der Waals surface area contributed by atoms with Gasteiger partial charge in [0.2, 0.25) is 0 Å². The van der Waals surface area contributed by atoms with Crippen LogP contribution in [-0.4, -0.2) is 6.26 Å². The molecule has 0 unspecified atom stereocenters. The molecule has 0 aromatic heterocycles. The highest BCUT2D eigenvalue weighted by Crippen LogP contribution is 2.37. The lowest BCUT2D eigenvalue weighted by atomic mass is 9.85. The van der Waals surface area contributed by atoms with Gasteiger partial charge in [0, 0.05) is 17.9 Å². The molecule has 0 aromatic rings. The Bertz CT molecular complexity index is 621. The largest absolute Gasteiger partial charge is 0.193 e. The van der Waals surface area contributed by atoms with Crippen LogP contribution < -0.4 is 0 Å². The quantitative estimate of drug-likeness (QED) is 0.575. The van der Waals surface area contributed by atoms with Crippen molar-refractivity contribution in [3.05, 3.63) is 70.7 Å². The first-order valence-corrected chi connectivity index (χ1v) is 7.52. The van der Waals surface area contributed by atoms with E-state index in [0.29, 0.717) is 4.91 Å². The van der Waals surface area contributed by atoms with Crippen LogP contribution in [-0.2, 0) is 0 Å². The van der Waals surface area contributed by atoms with Gasteiger partial charge in [0.05, 0.1) is 11.0 Å². The Morgan fingerprint density at radius 2 is 1.55 bits per heavy atom. The molecule has 0 radical (unpaired) electrons. The predicted molar refractivity (Wildman–Crippen MR) is 83.4 cm³/mol. The summed E-state index contributed by atoms with van der Waals surface area (Å²) in [7, 11) is 0. The van der Waals surface area contributed by atoms with Gasteiger partial charge in [0.1, 0.15) is 6.07 Å². The van der Waals surface area contributed by atoms with Crippen molar-refractivity contribution < 1.29 is 0 Å². The van der Waals surface area contributed by atoms with E-state index < -0.39 is 0 Å². The van der Waals surface area contributed by atoms with Crippen molar-refractivity contribution in [2.24, 2.45) is 11.8 Å². The number of hydrogen-bond acceptors (Lipinski definition) is 3. The number of hydrogen-bond donors (Lipinski definition) is 0. The fraction of sp³-hybridized carbons (Fsp3) is 0.176. The first-order valence-electron chi connectivity index (χ1n) is 6.30. The molecule has 0 fully saturated rings. The van der Waals surface area contributed by atoms with Crippen LogP contribution in [0.15, 0.2) is 70.7 Å². The molecule has 0 saturated carbocycles. The average Bonchev–Trinajstić information content (AvgIpc) is 3.14. The Hall–Kier alpha value is -2.23. The Labute approximate surface area is 123 Å². The number of thioether (sulfide) groups is 1. The monoisotopic (exact) mass is 278 g/mol. The summed E-state index contributed by atoms with van der Waals surface area (Å²) >= 11 is 1.43. The molecule has 2 aliphatic carbocycles. The van der Waals surface area contributed by atoms with Crippen LogP contribution in [0.25, 0.3) is 0 Å². The van der Waals surface area contributed by atoms with E-state index in [1.807, 2.05) is 42.7 Å². The number of nitrogens with zero attached hydrogens (tertiary/aromatic N) is 2. The minimum atomic E-state index is 0.0686. The van der Waals surface area contributed by atoms with Crippen LogP contribution >= 0.6 is 11.8 Å². The first kappa shape index (κ1) is 14.2. The van der Waals surface area contributed by atoms with Crippen molar-refractivity contribution in [2.75, 3.05) is 6.26 Å². The molecule has 0 atom stereocenters. The van der Waals surface area contributed by atoms with Crippen molar-refractivity contribution in [3.63, 3.8) is 0 Å². The maximum Gasteiger partial charge on any atom is 0.106 e. The molecular formula is C17H14N2S. The molecule has 0 bridgehead atoms. The predicted octanol–water partition coefficient (Wildman–Crippen LogP) is 4.06. The Kier molecular flexibility index (Phi) is 4.82. The summed E-state index contributed by atoms with van der Waals surface area (Å²) < 4.78 is 0. The summed E-state index contributed by atoms with van der Waals surface area (Å²) in [6.45, 7) is 0. The van der Waals surface area contributed by atoms with Crippen LogP contribution in [0.3, 0.4) is 0 Å². The van der Waals surface area contributed by atoms with Gasteiger partial charge in [-0.2, -0.15) is 10.5 Å². The molecule has 0 heterocycles. The highest BCUT2D eigenvalue weighted by molar-refractivity contribution is 8.02. The second kappa shape index (κ2) is 6.80. The van der Waals surface area contributed by atoms with Crippen molar-refractivity contribution in [2.45, 2.75) is 0 Å². The van der Waals surface area contributed by atoms with Gasteiger partial charge in [-0.05, 0) is 17.4 Å². The van der Waals surface area contributed by atoms with Gasteiger partial charge in [-0.15, -0.1) is 11.8 Å². The number of rotatable bonds is 4. The van der Waals surface area contributed by atoms with Gasteiger partial charge in [0.25, 0.3) is 0 Å². The maximum atomic E-state index is 9.39. The van der Waals surface area contributed by atoms with E-state index in [0.717, 1.165) is 11.1 Å². The third-order valence-corrected chi connectivity index (χ3v) is 3.99. The second-order valence-electron chi connectivity index (χ2n) is 4.38. The van der Waals surface area contributed by atoms with Crippen molar-refractivity contribution in [1.29, 1.82) is 10.5 Å². The molecule has 0 amide bonds. The summed E-state index contributed by atoms with van der Waals surface area (Å²) in [5, 5.41) is 18.5.